The molecule has 1 unspecified atom stereocenters. The van der Waals surface area contributed by atoms with Crippen LogP contribution in [0.1, 0.15) is 12.8 Å². The second-order valence-corrected chi connectivity index (χ2v) is 5.19. The highest BCUT2D eigenvalue weighted by molar-refractivity contribution is 7.89. The quantitative estimate of drug-likeness (QED) is 0.770. The summed E-state index contributed by atoms with van der Waals surface area (Å²) < 4.78 is 34.0. The van der Waals surface area contributed by atoms with Gasteiger partial charge in [-0.3, -0.25) is 4.90 Å². The Balaban J connectivity index is 0.00000169. The standard InChI is InChI=1S/C7H15FN2O2S.ClH/c8-3-5-10-4-1-2-7(6-10)13(9,11)12;/h7H,1-6H2,(H2,9,11,12);1H. The van der Waals surface area contributed by atoms with Gasteiger partial charge in [0.15, 0.2) is 0 Å². The van der Waals surface area contributed by atoms with Crippen LogP contribution in [0.15, 0.2) is 0 Å². The Kier molecular flexibility index (Phi) is 5.88. The van der Waals surface area contributed by atoms with Crippen LogP contribution in [0, 0.1) is 0 Å². The summed E-state index contributed by atoms with van der Waals surface area (Å²) in [7, 11) is -3.44. The number of hydrogen-bond donors (Lipinski definition) is 1. The van der Waals surface area contributed by atoms with Crippen molar-refractivity contribution in [2.24, 2.45) is 5.14 Å². The third-order valence-electron chi connectivity index (χ3n) is 2.33. The number of piperidine rings is 1. The van der Waals surface area contributed by atoms with Crippen molar-refractivity contribution < 1.29 is 12.8 Å². The summed E-state index contributed by atoms with van der Waals surface area (Å²) in [5.74, 6) is 0. The lowest BCUT2D eigenvalue weighted by atomic mass is 10.1. The highest BCUT2D eigenvalue weighted by Gasteiger charge is 2.27. The van der Waals surface area contributed by atoms with Crippen molar-refractivity contribution >= 4 is 22.4 Å². The van der Waals surface area contributed by atoms with E-state index in [0.29, 0.717) is 19.5 Å². The van der Waals surface area contributed by atoms with E-state index in [2.05, 4.69) is 0 Å². The highest BCUT2D eigenvalue weighted by atomic mass is 35.5. The molecule has 1 fully saturated rings. The van der Waals surface area contributed by atoms with Crippen molar-refractivity contribution in [3.63, 3.8) is 0 Å². The molecule has 0 aromatic rings. The van der Waals surface area contributed by atoms with Gasteiger partial charge < -0.3 is 0 Å². The highest BCUT2D eigenvalue weighted by Crippen LogP contribution is 2.14. The lowest BCUT2D eigenvalue weighted by Gasteiger charge is -2.30. The minimum atomic E-state index is -3.44. The van der Waals surface area contributed by atoms with E-state index in [-0.39, 0.29) is 12.4 Å². The van der Waals surface area contributed by atoms with Crippen LogP contribution < -0.4 is 5.14 Å². The summed E-state index contributed by atoms with van der Waals surface area (Å²) in [6.07, 6.45) is 1.38. The van der Waals surface area contributed by atoms with Crippen LogP contribution in [0.3, 0.4) is 0 Å². The molecule has 14 heavy (non-hydrogen) atoms. The smallest absolute Gasteiger partial charge is 0.213 e. The monoisotopic (exact) mass is 246 g/mol. The molecule has 0 aromatic carbocycles. The normalized spacial score (nSPS) is 24.3. The number of likely N-dealkylation sites (tertiary alicyclic amines) is 1. The van der Waals surface area contributed by atoms with Gasteiger partial charge in [0.25, 0.3) is 0 Å². The molecular weight excluding hydrogens is 231 g/mol. The molecule has 1 rings (SSSR count). The maximum atomic E-state index is 12.0. The van der Waals surface area contributed by atoms with Gasteiger partial charge in [-0.1, -0.05) is 0 Å². The van der Waals surface area contributed by atoms with Gasteiger partial charge in [-0.25, -0.2) is 17.9 Å². The van der Waals surface area contributed by atoms with E-state index >= 15 is 0 Å². The number of nitrogens with zero attached hydrogens (tertiary/aromatic N) is 1. The van der Waals surface area contributed by atoms with E-state index in [1.165, 1.54) is 0 Å². The summed E-state index contributed by atoms with van der Waals surface area (Å²) >= 11 is 0. The van der Waals surface area contributed by atoms with Crippen LogP contribution in [0.2, 0.25) is 0 Å². The predicted octanol–water partition coefficient (Wildman–Crippen LogP) is 0.131. The molecule has 0 bridgehead atoms. The zero-order chi connectivity index (χ0) is 9.90. The summed E-state index contributed by atoms with van der Waals surface area (Å²) in [4.78, 5) is 1.80. The Morgan fingerprint density at radius 1 is 1.50 bits per heavy atom. The van der Waals surface area contributed by atoms with Crippen molar-refractivity contribution in [1.29, 1.82) is 0 Å². The molecule has 1 heterocycles. The van der Waals surface area contributed by atoms with E-state index in [1.54, 1.807) is 4.90 Å². The zero-order valence-electron chi connectivity index (χ0n) is 7.86. The average Bonchev–Trinajstić information content (AvgIpc) is 2.04. The van der Waals surface area contributed by atoms with Crippen molar-refractivity contribution in [3.8, 4) is 0 Å². The van der Waals surface area contributed by atoms with E-state index in [1.807, 2.05) is 0 Å². The predicted molar refractivity (Wildman–Crippen MR) is 55.8 cm³/mol. The van der Waals surface area contributed by atoms with E-state index in [9.17, 15) is 12.8 Å². The van der Waals surface area contributed by atoms with Gasteiger partial charge in [0, 0.05) is 13.1 Å². The average molecular weight is 247 g/mol. The van der Waals surface area contributed by atoms with E-state index < -0.39 is 21.9 Å². The minimum absolute atomic E-state index is 0. The number of primary sulfonamides is 1. The molecule has 1 atom stereocenters. The molecule has 7 heteroatoms. The molecule has 0 aromatic heterocycles. The molecule has 0 aliphatic carbocycles. The van der Waals surface area contributed by atoms with E-state index in [0.717, 1.165) is 13.0 Å². The SMILES string of the molecule is Cl.NS(=O)(=O)C1CCCN(CCF)C1. The third kappa shape index (κ3) is 4.08. The van der Waals surface area contributed by atoms with Crippen molar-refractivity contribution in [1.82, 2.24) is 4.90 Å². The molecule has 86 valence electrons. The largest absolute Gasteiger partial charge is 0.299 e. The summed E-state index contributed by atoms with van der Waals surface area (Å²) in [5.41, 5.74) is 0. The molecule has 0 spiro atoms. The lowest BCUT2D eigenvalue weighted by molar-refractivity contribution is 0.212. The lowest BCUT2D eigenvalue weighted by Crippen LogP contribution is -2.45. The van der Waals surface area contributed by atoms with Crippen molar-refractivity contribution in [3.05, 3.63) is 0 Å². The molecule has 0 saturated carbocycles. The minimum Gasteiger partial charge on any atom is -0.299 e. The Morgan fingerprint density at radius 3 is 2.64 bits per heavy atom. The van der Waals surface area contributed by atoms with Gasteiger partial charge in [0.2, 0.25) is 10.0 Å². The zero-order valence-corrected chi connectivity index (χ0v) is 9.49. The molecule has 0 radical (unpaired) electrons. The van der Waals surface area contributed by atoms with Gasteiger partial charge in [0.1, 0.15) is 6.67 Å². The topological polar surface area (TPSA) is 63.4 Å². The summed E-state index contributed by atoms with van der Waals surface area (Å²) in [6.45, 7) is 1.03. The molecule has 1 aliphatic heterocycles. The Morgan fingerprint density at radius 2 is 2.14 bits per heavy atom. The third-order valence-corrected chi connectivity index (χ3v) is 3.64. The van der Waals surface area contributed by atoms with E-state index in [4.69, 9.17) is 5.14 Å². The fourth-order valence-corrected chi connectivity index (χ4v) is 2.52. The first-order valence-electron chi connectivity index (χ1n) is 4.34. The second kappa shape index (κ2) is 5.85. The van der Waals surface area contributed by atoms with Crippen LogP contribution in [0.25, 0.3) is 0 Å². The number of alkyl halides is 1. The second-order valence-electron chi connectivity index (χ2n) is 3.34. The molecule has 1 aliphatic rings. The van der Waals surface area contributed by atoms with Gasteiger partial charge in [-0.05, 0) is 19.4 Å². The first-order chi connectivity index (χ1) is 6.04. The van der Waals surface area contributed by atoms with Crippen LogP contribution in [0.4, 0.5) is 4.39 Å². The number of halogens is 2. The van der Waals surface area contributed by atoms with Crippen molar-refractivity contribution in [2.45, 2.75) is 18.1 Å². The first kappa shape index (κ1) is 14.1. The van der Waals surface area contributed by atoms with Crippen LogP contribution in [-0.4, -0.2) is 44.9 Å². The molecular formula is C7H16ClFN2O2S. The molecule has 2 N–H and O–H groups in total. The number of nitrogens with two attached hydrogens (primary N) is 1. The van der Waals surface area contributed by atoms with Crippen LogP contribution in [0.5, 0.6) is 0 Å². The maximum absolute atomic E-state index is 12.0. The van der Waals surface area contributed by atoms with Gasteiger partial charge in [0.05, 0.1) is 5.25 Å². The summed E-state index contributed by atoms with van der Waals surface area (Å²) in [5, 5.41) is 4.51. The fraction of sp³-hybridized carbons (Fsp3) is 1.00. The number of rotatable bonds is 3. The van der Waals surface area contributed by atoms with Crippen LogP contribution >= 0.6 is 12.4 Å². The molecule has 1 saturated heterocycles. The number of hydrogen-bond acceptors (Lipinski definition) is 3. The first-order valence-corrected chi connectivity index (χ1v) is 5.95. The van der Waals surface area contributed by atoms with Crippen molar-refractivity contribution in [2.75, 3.05) is 26.3 Å². The van der Waals surface area contributed by atoms with Crippen LogP contribution in [-0.2, 0) is 10.0 Å². The Labute approximate surface area is 90.1 Å². The molecule has 0 amide bonds. The molecule has 4 nitrogen and oxygen atoms in total. The maximum Gasteiger partial charge on any atom is 0.213 e. The van der Waals surface area contributed by atoms with Gasteiger partial charge >= 0.3 is 0 Å². The van der Waals surface area contributed by atoms with Gasteiger partial charge in [-0.15, -0.1) is 12.4 Å². The summed E-state index contributed by atoms with van der Waals surface area (Å²) in [6, 6.07) is 0. The number of sulfonamides is 1. The fourth-order valence-electron chi connectivity index (χ4n) is 1.60. The van der Waals surface area contributed by atoms with Gasteiger partial charge in [-0.2, -0.15) is 0 Å². The Hall–Kier alpha value is 0.0900. The Bertz CT molecular complexity index is 258.